The molecule has 2 rings (SSSR count). The summed E-state index contributed by atoms with van der Waals surface area (Å²) in [6.07, 6.45) is 13.8. The molecule has 2 aliphatic rings. The fourth-order valence-electron chi connectivity index (χ4n) is 6.42. The van der Waals surface area contributed by atoms with E-state index >= 15 is 0 Å². The van der Waals surface area contributed by atoms with Crippen LogP contribution in [0, 0.1) is 0 Å². The van der Waals surface area contributed by atoms with Crippen LogP contribution >= 0.6 is 0 Å². The molecule has 0 spiro atoms. The molecule has 0 aromatic heterocycles. The summed E-state index contributed by atoms with van der Waals surface area (Å²) in [4.78, 5) is 11.7. The van der Waals surface area contributed by atoms with Crippen LogP contribution < -0.4 is 0 Å². The zero-order valence-electron chi connectivity index (χ0n) is 27.5. The molecule has 0 aliphatic carbocycles. The van der Waals surface area contributed by atoms with Gasteiger partial charge in [-0.15, -0.1) is 0 Å². The van der Waals surface area contributed by atoms with E-state index < -0.39 is 42.6 Å². The zero-order chi connectivity index (χ0) is 32.3. The predicted molar refractivity (Wildman–Crippen MR) is 171 cm³/mol. The minimum absolute atomic E-state index is 0.0190. The molecule has 258 valence electrons. The van der Waals surface area contributed by atoms with E-state index in [1.807, 2.05) is 0 Å². The van der Waals surface area contributed by atoms with Crippen LogP contribution in [-0.4, -0.2) is 91.5 Å². The first kappa shape index (κ1) is 39.1. The number of aliphatic hydroxyl groups excluding tert-OH is 6. The van der Waals surface area contributed by atoms with E-state index in [0.29, 0.717) is 44.1 Å². The van der Waals surface area contributed by atoms with Crippen molar-refractivity contribution < 1.29 is 44.9 Å². The molecule has 2 aliphatic heterocycles. The lowest BCUT2D eigenvalue weighted by atomic mass is 9.97. The van der Waals surface area contributed by atoms with Crippen LogP contribution in [0.3, 0.4) is 0 Å². The van der Waals surface area contributed by atoms with Gasteiger partial charge < -0.3 is 40.1 Å². The Bertz CT molecular complexity index is 790. The van der Waals surface area contributed by atoms with Gasteiger partial charge in [0.15, 0.2) is 0 Å². The SMILES string of the molecule is CCCCCCCCCCCC[C@@H](O)[C@H](O)CC[C@H](O)[C@H]1CC[C@@H](CCC[C@H](O)[C@H](O)CC[C@H](O)CC2=C[C@H](C)OC2=O)O1. The summed E-state index contributed by atoms with van der Waals surface area (Å²) in [5.41, 5.74) is 0.452. The van der Waals surface area contributed by atoms with E-state index in [-0.39, 0.29) is 37.6 Å². The summed E-state index contributed by atoms with van der Waals surface area (Å²) in [5, 5.41) is 62.3. The van der Waals surface area contributed by atoms with Gasteiger partial charge in [0.1, 0.15) is 6.10 Å². The Morgan fingerprint density at radius 1 is 0.705 bits per heavy atom. The Kier molecular flexibility index (Phi) is 20.0. The van der Waals surface area contributed by atoms with E-state index in [1.54, 1.807) is 13.0 Å². The van der Waals surface area contributed by atoms with Crippen LogP contribution in [0.1, 0.15) is 149 Å². The monoisotopic (exact) mass is 628 g/mol. The minimum atomic E-state index is -0.959. The maximum atomic E-state index is 11.7. The third-order valence-electron chi connectivity index (χ3n) is 9.34. The second-order valence-electron chi connectivity index (χ2n) is 13.4. The Balaban J connectivity index is 1.50. The van der Waals surface area contributed by atoms with Gasteiger partial charge in [-0.3, -0.25) is 0 Å². The molecule has 9 atom stereocenters. The highest BCUT2D eigenvalue weighted by atomic mass is 16.5. The third-order valence-corrected chi connectivity index (χ3v) is 9.34. The number of rotatable bonds is 26. The van der Waals surface area contributed by atoms with Crippen LogP contribution in [0.25, 0.3) is 0 Å². The molecule has 0 saturated carbocycles. The molecule has 1 saturated heterocycles. The van der Waals surface area contributed by atoms with Crippen LogP contribution in [0.2, 0.25) is 0 Å². The van der Waals surface area contributed by atoms with E-state index in [9.17, 15) is 35.4 Å². The van der Waals surface area contributed by atoms with Gasteiger partial charge in [-0.1, -0.05) is 71.1 Å². The molecule has 0 amide bonds. The minimum Gasteiger partial charge on any atom is -0.455 e. The Morgan fingerprint density at radius 2 is 1.25 bits per heavy atom. The summed E-state index contributed by atoms with van der Waals surface area (Å²) in [5.74, 6) is -0.410. The number of aliphatic hydroxyl groups is 6. The molecule has 9 nitrogen and oxygen atoms in total. The summed E-state index contributed by atoms with van der Waals surface area (Å²) < 4.78 is 11.1. The molecule has 0 radical (unpaired) electrons. The normalized spacial score (nSPS) is 24.5. The van der Waals surface area contributed by atoms with Gasteiger partial charge in [0.25, 0.3) is 0 Å². The number of unbranched alkanes of at least 4 members (excludes halogenated alkanes) is 9. The van der Waals surface area contributed by atoms with Crippen molar-refractivity contribution >= 4 is 5.97 Å². The van der Waals surface area contributed by atoms with Gasteiger partial charge in [-0.05, 0) is 77.2 Å². The van der Waals surface area contributed by atoms with E-state index in [1.165, 1.54) is 51.4 Å². The van der Waals surface area contributed by atoms with Gasteiger partial charge in [0, 0.05) is 12.0 Å². The number of carbonyl (C=O) groups excluding carboxylic acids is 1. The fraction of sp³-hybridized carbons (Fsp3) is 0.914. The number of hydrogen-bond acceptors (Lipinski definition) is 9. The topological polar surface area (TPSA) is 157 Å². The number of carbonyl (C=O) groups is 1. The van der Waals surface area contributed by atoms with Crippen molar-refractivity contribution in [3.63, 3.8) is 0 Å². The first-order chi connectivity index (χ1) is 21.1. The average molecular weight is 629 g/mol. The molecular weight excluding hydrogens is 564 g/mol. The van der Waals surface area contributed by atoms with Crippen molar-refractivity contribution in [1.82, 2.24) is 0 Å². The van der Waals surface area contributed by atoms with E-state index in [4.69, 9.17) is 9.47 Å². The first-order valence-electron chi connectivity index (χ1n) is 17.8. The van der Waals surface area contributed by atoms with Crippen molar-refractivity contribution in [1.29, 1.82) is 0 Å². The van der Waals surface area contributed by atoms with Gasteiger partial charge in [0.2, 0.25) is 0 Å². The van der Waals surface area contributed by atoms with Gasteiger partial charge in [0.05, 0.1) is 48.8 Å². The lowest BCUT2D eigenvalue weighted by molar-refractivity contribution is -0.139. The van der Waals surface area contributed by atoms with Crippen molar-refractivity contribution in [2.75, 3.05) is 0 Å². The lowest BCUT2D eigenvalue weighted by Crippen LogP contribution is -2.31. The van der Waals surface area contributed by atoms with Crippen LogP contribution in [-0.2, 0) is 14.3 Å². The molecule has 44 heavy (non-hydrogen) atoms. The second-order valence-corrected chi connectivity index (χ2v) is 13.4. The maximum Gasteiger partial charge on any atom is 0.334 e. The summed E-state index contributed by atoms with van der Waals surface area (Å²) in [7, 11) is 0. The van der Waals surface area contributed by atoms with Crippen LogP contribution in [0.5, 0.6) is 0 Å². The Labute approximate surface area is 266 Å². The van der Waals surface area contributed by atoms with Gasteiger partial charge in [-0.25, -0.2) is 4.79 Å². The zero-order valence-corrected chi connectivity index (χ0v) is 27.5. The molecule has 6 N–H and O–H groups in total. The highest BCUT2D eigenvalue weighted by Gasteiger charge is 2.31. The molecule has 0 aromatic carbocycles. The third kappa shape index (κ3) is 16.0. The summed E-state index contributed by atoms with van der Waals surface area (Å²) in [6.45, 7) is 3.99. The van der Waals surface area contributed by atoms with Crippen LogP contribution in [0.4, 0.5) is 0 Å². The van der Waals surface area contributed by atoms with Crippen molar-refractivity contribution in [3.05, 3.63) is 11.6 Å². The Morgan fingerprint density at radius 3 is 1.84 bits per heavy atom. The van der Waals surface area contributed by atoms with Crippen molar-refractivity contribution in [2.45, 2.75) is 204 Å². The summed E-state index contributed by atoms with van der Waals surface area (Å²) >= 11 is 0. The predicted octanol–water partition coefficient (Wildman–Crippen LogP) is 5.00. The standard InChI is InChI=1S/C35H64O9/c1-3-4-5-6-7-8-9-10-11-12-15-29(37)32(40)20-21-33(41)34-22-18-28(44-34)14-13-16-30(38)31(39)19-17-27(36)24-26-23-25(2)43-35(26)42/h23,25,27-34,36-41H,3-22,24H2,1-2H3/t25-,27-,28+,29+,30-,31+,32+,33-,34+/m0/s1. The number of cyclic esters (lactones) is 1. The maximum absolute atomic E-state index is 11.7. The highest BCUT2D eigenvalue weighted by molar-refractivity contribution is 5.90. The van der Waals surface area contributed by atoms with Crippen LogP contribution in [0.15, 0.2) is 11.6 Å². The van der Waals surface area contributed by atoms with Crippen molar-refractivity contribution in [2.24, 2.45) is 0 Å². The quantitative estimate of drug-likeness (QED) is 0.0573. The van der Waals surface area contributed by atoms with E-state index in [2.05, 4.69) is 6.92 Å². The van der Waals surface area contributed by atoms with Gasteiger partial charge in [-0.2, -0.15) is 0 Å². The molecule has 2 heterocycles. The second kappa shape index (κ2) is 22.5. The number of ether oxygens (including phenoxy) is 2. The Hall–Kier alpha value is -1.07. The largest absolute Gasteiger partial charge is 0.455 e. The number of hydrogen-bond donors (Lipinski definition) is 6. The molecule has 9 heteroatoms. The highest BCUT2D eigenvalue weighted by Crippen LogP contribution is 2.28. The van der Waals surface area contributed by atoms with Crippen molar-refractivity contribution in [3.8, 4) is 0 Å². The van der Waals surface area contributed by atoms with E-state index in [0.717, 1.165) is 25.7 Å². The molecule has 1 fully saturated rings. The first-order valence-corrected chi connectivity index (χ1v) is 17.8. The molecule has 0 unspecified atom stereocenters. The van der Waals surface area contributed by atoms with Gasteiger partial charge >= 0.3 is 5.97 Å². The lowest BCUT2D eigenvalue weighted by Gasteiger charge is -2.23. The average Bonchev–Trinajstić information content (AvgIpc) is 3.60. The molecule has 0 bridgehead atoms. The summed E-state index contributed by atoms with van der Waals surface area (Å²) in [6, 6.07) is 0. The fourth-order valence-corrected chi connectivity index (χ4v) is 6.42. The molecular formula is C35H64O9. The smallest absolute Gasteiger partial charge is 0.334 e. The molecule has 0 aromatic rings. The number of esters is 1.